The highest BCUT2D eigenvalue weighted by atomic mass is 16.3. The van der Waals surface area contributed by atoms with Gasteiger partial charge in [-0.2, -0.15) is 0 Å². The van der Waals surface area contributed by atoms with Gasteiger partial charge in [0.2, 0.25) is 0 Å². The Labute approximate surface area is 76.6 Å². The molecule has 0 heterocycles. The van der Waals surface area contributed by atoms with Crippen LogP contribution in [0.25, 0.3) is 6.08 Å². The molecule has 0 unspecified atom stereocenters. The van der Waals surface area contributed by atoms with Crippen molar-refractivity contribution in [1.82, 2.24) is 0 Å². The lowest BCUT2D eigenvalue weighted by Gasteiger charge is -1.99. The molecule has 0 saturated carbocycles. The second kappa shape index (κ2) is 4.64. The van der Waals surface area contributed by atoms with E-state index in [2.05, 4.69) is 0 Å². The van der Waals surface area contributed by atoms with E-state index >= 15 is 0 Å². The molecule has 0 bridgehead atoms. The fourth-order valence-electron chi connectivity index (χ4n) is 1.02. The van der Waals surface area contributed by atoms with Crippen molar-refractivity contribution in [2.75, 3.05) is 6.61 Å². The first-order valence-electron chi connectivity index (χ1n) is 3.96. The maximum atomic E-state index is 11.0. The molecule has 1 aromatic rings. The second-order valence-electron chi connectivity index (χ2n) is 2.61. The fourth-order valence-corrected chi connectivity index (χ4v) is 1.02. The average Bonchev–Trinajstić information content (AvgIpc) is 2.16. The quantitative estimate of drug-likeness (QED) is 0.735. The highest BCUT2D eigenvalue weighted by molar-refractivity contribution is 5.52. The van der Waals surface area contributed by atoms with Crippen LogP contribution in [0.5, 0.6) is 5.75 Å². The van der Waals surface area contributed by atoms with E-state index in [1.54, 1.807) is 24.3 Å². The first-order valence-corrected chi connectivity index (χ1v) is 3.96. The number of aliphatic hydroxyl groups is 2. The molecule has 3 nitrogen and oxygen atoms in total. The Bertz CT molecular complexity index is 305. The highest BCUT2D eigenvalue weighted by Crippen LogP contribution is 2.19. The molecular weight excluding hydrogens is 168 g/mol. The maximum absolute atomic E-state index is 11.0. The summed E-state index contributed by atoms with van der Waals surface area (Å²) >= 11 is 0. The SMILES string of the molecule is [O]c1ccc(C=CCO)cc1CO. The van der Waals surface area contributed by atoms with E-state index in [-0.39, 0.29) is 19.0 Å². The Hall–Kier alpha value is -1.32. The second-order valence-corrected chi connectivity index (χ2v) is 2.61. The Balaban J connectivity index is 2.92. The average molecular weight is 179 g/mol. The van der Waals surface area contributed by atoms with Gasteiger partial charge in [0, 0.05) is 5.56 Å². The molecular formula is C10H11O3. The van der Waals surface area contributed by atoms with Crippen LogP contribution in [0, 0.1) is 0 Å². The lowest BCUT2D eigenvalue weighted by atomic mass is 10.1. The molecule has 0 aliphatic rings. The first kappa shape index (κ1) is 9.77. The van der Waals surface area contributed by atoms with Crippen LogP contribution in [0.3, 0.4) is 0 Å². The summed E-state index contributed by atoms with van der Waals surface area (Å²) in [6, 6.07) is 4.66. The predicted molar refractivity (Wildman–Crippen MR) is 48.6 cm³/mol. The van der Waals surface area contributed by atoms with Crippen molar-refractivity contribution in [3.05, 3.63) is 35.4 Å². The molecule has 0 amide bonds. The van der Waals surface area contributed by atoms with Crippen LogP contribution >= 0.6 is 0 Å². The number of hydrogen-bond donors (Lipinski definition) is 2. The molecule has 1 radical (unpaired) electrons. The maximum Gasteiger partial charge on any atom is 0.184 e. The van der Waals surface area contributed by atoms with Gasteiger partial charge in [-0.1, -0.05) is 18.2 Å². The molecule has 13 heavy (non-hydrogen) atoms. The van der Waals surface area contributed by atoms with Crippen LogP contribution in [0.4, 0.5) is 0 Å². The van der Waals surface area contributed by atoms with Crippen LogP contribution < -0.4 is 0 Å². The van der Waals surface area contributed by atoms with E-state index in [0.29, 0.717) is 5.56 Å². The van der Waals surface area contributed by atoms with E-state index < -0.39 is 0 Å². The normalized spacial score (nSPS) is 10.9. The number of benzene rings is 1. The van der Waals surface area contributed by atoms with Crippen molar-refractivity contribution in [3.8, 4) is 5.75 Å². The topological polar surface area (TPSA) is 60.4 Å². The van der Waals surface area contributed by atoms with Gasteiger partial charge in [0.1, 0.15) is 0 Å². The smallest absolute Gasteiger partial charge is 0.184 e. The summed E-state index contributed by atoms with van der Waals surface area (Å²) in [6.07, 6.45) is 3.26. The Morgan fingerprint density at radius 1 is 1.31 bits per heavy atom. The monoisotopic (exact) mass is 179 g/mol. The van der Waals surface area contributed by atoms with Gasteiger partial charge in [-0.3, -0.25) is 5.11 Å². The minimum Gasteiger partial charge on any atom is -0.392 e. The van der Waals surface area contributed by atoms with Crippen molar-refractivity contribution in [1.29, 1.82) is 0 Å². The minimum atomic E-state index is -0.250. The van der Waals surface area contributed by atoms with Gasteiger partial charge in [-0.15, -0.1) is 0 Å². The number of rotatable bonds is 3. The molecule has 0 saturated heterocycles. The summed E-state index contributed by atoms with van der Waals surface area (Å²) < 4.78 is 0. The molecule has 3 heteroatoms. The van der Waals surface area contributed by atoms with Gasteiger partial charge in [0.15, 0.2) is 5.75 Å². The highest BCUT2D eigenvalue weighted by Gasteiger charge is 2.00. The standard InChI is InChI=1S/C10H11O3/c11-5-1-2-8-3-4-10(13)9(6-8)7-12/h1-4,6,11-12H,5,7H2. The zero-order valence-electron chi connectivity index (χ0n) is 7.10. The van der Waals surface area contributed by atoms with Crippen LogP contribution in [0.2, 0.25) is 0 Å². The van der Waals surface area contributed by atoms with Crippen molar-refractivity contribution < 1.29 is 15.3 Å². The molecule has 0 aliphatic heterocycles. The van der Waals surface area contributed by atoms with Crippen LogP contribution in [0.1, 0.15) is 11.1 Å². The zero-order valence-corrected chi connectivity index (χ0v) is 7.10. The van der Waals surface area contributed by atoms with E-state index in [4.69, 9.17) is 10.2 Å². The van der Waals surface area contributed by atoms with E-state index in [9.17, 15) is 5.11 Å². The third-order valence-electron chi connectivity index (χ3n) is 1.67. The molecule has 0 fully saturated rings. The molecule has 1 aromatic carbocycles. The summed E-state index contributed by atoms with van der Waals surface area (Å²) in [7, 11) is 0. The lowest BCUT2D eigenvalue weighted by Crippen LogP contribution is -1.84. The van der Waals surface area contributed by atoms with Gasteiger partial charge >= 0.3 is 0 Å². The van der Waals surface area contributed by atoms with Crippen LogP contribution in [-0.4, -0.2) is 16.8 Å². The molecule has 0 aliphatic carbocycles. The molecule has 0 aromatic heterocycles. The van der Waals surface area contributed by atoms with Crippen LogP contribution in [0.15, 0.2) is 24.3 Å². The summed E-state index contributed by atoms with van der Waals surface area (Å²) in [5.41, 5.74) is 1.18. The Morgan fingerprint density at radius 3 is 2.69 bits per heavy atom. The zero-order chi connectivity index (χ0) is 9.68. The lowest BCUT2D eigenvalue weighted by molar-refractivity contribution is 0.266. The third-order valence-corrected chi connectivity index (χ3v) is 1.67. The first-order chi connectivity index (χ1) is 6.27. The molecule has 1 rings (SSSR count). The van der Waals surface area contributed by atoms with Gasteiger partial charge < -0.3 is 10.2 Å². The van der Waals surface area contributed by atoms with Crippen molar-refractivity contribution in [2.24, 2.45) is 0 Å². The Morgan fingerprint density at radius 2 is 2.08 bits per heavy atom. The Kier molecular flexibility index (Phi) is 3.49. The number of aliphatic hydroxyl groups excluding tert-OH is 2. The van der Waals surface area contributed by atoms with Crippen molar-refractivity contribution in [3.63, 3.8) is 0 Å². The number of hydrogen-bond acceptors (Lipinski definition) is 2. The molecule has 0 spiro atoms. The summed E-state index contributed by atoms with van der Waals surface area (Å²) in [5, 5.41) is 28.3. The van der Waals surface area contributed by atoms with Gasteiger partial charge in [0.05, 0.1) is 13.2 Å². The van der Waals surface area contributed by atoms with Crippen molar-refractivity contribution >= 4 is 6.08 Å². The molecule has 2 N–H and O–H groups in total. The van der Waals surface area contributed by atoms with Gasteiger partial charge in [0.25, 0.3) is 0 Å². The van der Waals surface area contributed by atoms with E-state index in [0.717, 1.165) is 5.56 Å². The predicted octanol–water partition coefficient (Wildman–Crippen LogP) is 1.33. The van der Waals surface area contributed by atoms with E-state index in [1.807, 2.05) is 0 Å². The van der Waals surface area contributed by atoms with Gasteiger partial charge in [-0.25, -0.2) is 0 Å². The van der Waals surface area contributed by atoms with E-state index in [1.165, 1.54) is 6.07 Å². The fraction of sp³-hybridized carbons (Fsp3) is 0.200. The largest absolute Gasteiger partial charge is 0.392 e. The molecule has 69 valence electrons. The molecule has 0 atom stereocenters. The van der Waals surface area contributed by atoms with Crippen LogP contribution in [-0.2, 0) is 11.7 Å². The van der Waals surface area contributed by atoms with Gasteiger partial charge in [-0.05, 0) is 17.7 Å². The third kappa shape index (κ3) is 2.57. The van der Waals surface area contributed by atoms with Crippen molar-refractivity contribution in [2.45, 2.75) is 6.61 Å². The summed E-state index contributed by atoms with van der Waals surface area (Å²) in [5.74, 6) is -0.163. The summed E-state index contributed by atoms with van der Waals surface area (Å²) in [6.45, 7) is -0.285. The minimum absolute atomic E-state index is 0.0341. The summed E-state index contributed by atoms with van der Waals surface area (Å²) in [4.78, 5) is 0.